The topological polar surface area (TPSA) is 84.0 Å². The summed E-state index contributed by atoms with van der Waals surface area (Å²) in [7, 11) is 0. The summed E-state index contributed by atoms with van der Waals surface area (Å²) in [5, 5.41) is 6.57. The van der Waals surface area contributed by atoms with Gasteiger partial charge in [0.25, 0.3) is 0 Å². The first-order chi connectivity index (χ1) is 13.6. The number of amides is 3. The molecular formula is C20H20N4O2S2. The zero-order valence-corrected chi connectivity index (χ0v) is 17.0. The van der Waals surface area contributed by atoms with Crippen molar-refractivity contribution in [3.05, 3.63) is 52.7 Å². The Morgan fingerprint density at radius 3 is 2.86 bits per heavy atom. The fourth-order valence-corrected chi connectivity index (χ4v) is 5.49. The molecule has 1 aliphatic carbocycles. The van der Waals surface area contributed by atoms with E-state index in [1.54, 1.807) is 24.6 Å². The number of carbonyl (C=O) groups is 2. The molecule has 3 amide bonds. The third kappa shape index (κ3) is 4.02. The smallest absolute Gasteiger partial charge is 0.321 e. The molecule has 0 unspecified atom stereocenters. The number of nitrogens with one attached hydrogen (secondary N) is 2. The van der Waals surface area contributed by atoms with E-state index in [0.29, 0.717) is 6.54 Å². The average molecular weight is 413 g/mol. The minimum Gasteiger partial charge on any atom is -0.334 e. The van der Waals surface area contributed by atoms with E-state index in [9.17, 15) is 9.59 Å². The Labute approximate surface area is 171 Å². The number of urea groups is 1. The number of aryl methyl sites for hydroxylation is 2. The van der Waals surface area contributed by atoms with Crippen LogP contribution in [0.4, 0.5) is 4.79 Å². The van der Waals surface area contributed by atoms with Gasteiger partial charge in [-0.25, -0.2) is 14.8 Å². The minimum atomic E-state index is -0.495. The number of carbonyl (C=O) groups excluding carboxylic acids is 2. The molecule has 0 saturated heterocycles. The summed E-state index contributed by atoms with van der Waals surface area (Å²) < 4.78 is 0. The van der Waals surface area contributed by atoms with E-state index >= 15 is 0 Å². The first-order valence-corrected chi connectivity index (χ1v) is 10.9. The summed E-state index contributed by atoms with van der Waals surface area (Å²) in [5.74, 6) is -0.339. The maximum absolute atomic E-state index is 12.4. The number of thioether (sulfide) groups is 1. The van der Waals surface area contributed by atoms with Gasteiger partial charge in [-0.15, -0.1) is 11.3 Å². The van der Waals surface area contributed by atoms with Crippen molar-refractivity contribution < 1.29 is 9.59 Å². The normalized spacial score (nSPS) is 13.9. The maximum Gasteiger partial charge on any atom is 0.321 e. The van der Waals surface area contributed by atoms with Crippen molar-refractivity contribution in [2.45, 2.75) is 43.0 Å². The number of benzene rings is 1. The van der Waals surface area contributed by atoms with Crippen molar-refractivity contribution in [3.63, 3.8) is 0 Å². The highest BCUT2D eigenvalue weighted by atomic mass is 32.2. The monoisotopic (exact) mass is 412 g/mol. The molecular weight excluding hydrogens is 392 g/mol. The van der Waals surface area contributed by atoms with Gasteiger partial charge in [0.15, 0.2) is 0 Å². The van der Waals surface area contributed by atoms with E-state index in [1.165, 1.54) is 22.2 Å². The van der Waals surface area contributed by atoms with Gasteiger partial charge >= 0.3 is 6.03 Å². The number of fused-ring (bicyclic) bond motifs is 3. The SMILES string of the molecule is C[C@H](Sc1ncnc2sc3c(c12)CCC3)C(=O)NC(=O)NCc1ccccc1. The number of hydrogen-bond donors (Lipinski definition) is 2. The van der Waals surface area contributed by atoms with Crippen molar-refractivity contribution in [1.82, 2.24) is 20.6 Å². The molecule has 0 spiro atoms. The van der Waals surface area contributed by atoms with Crippen LogP contribution >= 0.6 is 23.1 Å². The number of nitrogens with zero attached hydrogens (tertiary/aromatic N) is 2. The number of imide groups is 1. The highest BCUT2D eigenvalue weighted by molar-refractivity contribution is 8.00. The Morgan fingerprint density at radius 2 is 2.04 bits per heavy atom. The summed E-state index contributed by atoms with van der Waals surface area (Å²) in [6, 6.07) is 9.06. The number of thiophene rings is 1. The van der Waals surface area contributed by atoms with E-state index in [1.807, 2.05) is 30.3 Å². The predicted octanol–water partition coefficient (Wildman–Crippen LogP) is 3.69. The molecule has 1 aromatic carbocycles. The lowest BCUT2D eigenvalue weighted by Crippen LogP contribution is -2.42. The maximum atomic E-state index is 12.4. The van der Waals surface area contributed by atoms with Crippen LogP contribution in [-0.2, 0) is 24.2 Å². The first-order valence-electron chi connectivity index (χ1n) is 9.16. The van der Waals surface area contributed by atoms with E-state index in [2.05, 4.69) is 20.6 Å². The van der Waals surface area contributed by atoms with E-state index in [-0.39, 0.29) is 5.91 Å². The fraction of sp³-hybridized carbons (Fsp3) is 0.300. The molecule has 1 aliphatic rings. The lowest BCUT2D eigenvalue weighted by molar-refractivity contribution is -0.119. The lowest BCUT2D eigenvalue weighted by Gasteiger charge is -2.12. The van der Waals surface area contributed by atoms with E-state index in [4.69, 9.17) is 0 Å². The van der Waals surface area contributed by atoms with Crippen LogP contribution in [0.3, 0.4) is 0 Å². The Hall–Kier alpha value is -2.45. The fourth-order valence-electron chi connectivity index (χ4n) is 3.25. The molecule has 0 radical (unpaired) electrons. The Bertz CT molecular complexity index is 1020. The molecule has 0 saturated carbocycles. The van der Waals surface area contributed by atoms with Crippen molar-refractivity contribution in [1.29, 1.82) is 0 Å². The first kappa shape index (κ1) is 18.9. The highest BCUT2D eigenvalue weighted by Crippen LogP contribution is 2.40. The summed E-state index contributed by atoms with van der Waals surface area (Å²) >= 11 is 3.09. The molecule has 144 valence electrons. The van der Waals surface area contributed by atoms with Crippen LogP contribution in [0.1, 0.15) is 29.3 Å². The molecule has 2 aromatic heterocycles. The van der Waals surface area contributed by atoms with Gasteiger partial charge in [0, 0.05) is 16.8 Å². The molecule has 4 rings (SSSR count). The van der Waals surface area contributed by atoms with Gasteiger partial charge in [0.05, 0.1) is 5.25 Å². The van der Waals surface area contributed by atoms with Crippen LogP contribution in [0.5, 0.6) is 0 Å². The minimum absolute atomic E-state index is 0.339. The molecule has 0 aliphatic heterocycles. The second kappa shape index (κ2) is 8.28. The molecule has 6 nitrogen and oxygen atoms in total. The molecule has 0 fully saturated rings. The van der Waals surface area contributed by atoms with Crippen molar-refractivity contribution in [3.8, 4) is 0 Å². The van der Waals surface area contributed by atoms with Gasteiger partial charge in [0.1, 0.15) is 16.2 Å². The molecule has 28 heavy (non-hydrogen) atoms. The summed E-state index contributed by atoms with van der Waals surface area (Å²) in [4.78, 5) is 35.6. The zero-order valence-electron chi connectivity index (χ0n) is 15.4. The standard InChI is InChI=1S/C20H20N4O2S2/c1-12(17(25)24-20(26)21-10-13-6-3-2-4-7-13)27-18-16-14-8-5-9-15(14)28-19(16)23-11-22-18/h2-4,6-7,11-12H,5,8-10H2,1H3,(H2,21,24,25,26)/t12-/m0/s1. The van der Waals surface area contributed by atoms with Crippen LogP contribution in [0, 0.1) is 0 Å². The van der Waals surface area contributed by atoms with Crippen molar-refractivity contribution in [2.24, 2.45) is 0 Å². The predicted molar refractivity (Wildman–Crippen MR) is 112 cm³/mol. The van der Waals surface area contributed by atoms with E-state index in [0.717, 1.165) is 40.1 Å². The summed E-state index contributed by atoms with van der Waals surface area (Å²) in [6.07, 6.45) is 4.85. The van der Waals surface area contributed by atoms with Gasteiger partial charge in [-0.3, -0.25) is 10.1 Å². The van der Waals surface area contributed by atoms with Crippen LogP contribution in [0.15, 0.2) is 41.7 Å². The van der Waals surface area contributed by atoms with Crippen molar-refractivity contribution in [2.75, 3.05) is 0 Å². The molecule has 8 heteroatoms. The van der Waals surface area contributed by atoms with Gasteiger partial charge in [-0.2, -0.15) is 0 Å². The van der Waals surface area contributed by atoms with E-state index < -0.39 is 11.3 Å². The van der Waals surface area contributed by atoms with Crippen LogP contribution < -0.4 is 10.6 Å². The second-order valence-electron chi connectivity index (χ2n) is 6.63. The lowest BCUT2D eigenvalue weighted by atomic mass is 10.2. The molecule has 2 heterocycles. The van der Waals surface area contributed by atoms with Gasteiger partial charge in [0.2, 0.25) is 5.91 Å². The van der Waals surface area contributed by atoms with Crippen LogP contribution in [0.2, 0.25) is 0 Å². The number of hydrogen-bond acceptors (Lipinski definition) is 6. The second-order valence-corrected chi connectivity index (χ2v) is 9.05. The Kier molecular flexibility index (Phi) is 5.59. The third-order valence-corrected chi connectivity index (χ3v) is 6.96. The molecule has 2 N–H and O–H groups in total. The quantitative estimate of drug-likeness (QED) is 0.493. The Morgan fingerprint density at radius 1 is 1.21 bits per heavy atom. The third-order valence-electron chi connectivity index (χ3n) is 4.66. The number of aromatic nitrogens is 2. The molecule has 0 bridgehead atoms. The number of rotatable bonds is 5. The highest BCUT2D eigenvalue weighted by Gasteiger charge is 2.24. The zero-order chi connectivity index (χ0) is 19.5. The largest absolute Gasteiger partial charge is 0.334 e. The van der Waals surface area contributed by atoms with Gasteiger partial charge in [-0.05, 0) is 37.3 Å². The van der Waals surface area contributed by atoms with Crippen molar-refractivity contribution >= 4 is 45.3 Å². The summed E-state index contributed by atoms with van der Waals surface area (Å²) in [5.41, 5.74) is 2.30. The van der Waals surface area contributed by atoms with Gasteiger partial charge < -0.3 is 5.32 Å². The van der Waals surface area contributed by atoms with Crippen LogP contribution in [0.25, 0.3) is 10.2 Å². The molecule has 3 aromatic rings. The van der Waals surface area contributed by atoms with Gasteiger partial charge in [-0.1, -0.05) is 42.1 Å². The summed E-state index contributed by atoms with van der Waals surface area (Å²) in [6.45, 7) is 2.15. The average Bonchev–Trinajstić information content (AvgIpc) is 3.28. The Balaban J connectivity index is 1.38. The molecule has 1 atom stereocenters. The van der Waals surface area contributed by atoms with Crippen LogP contribution in [-0.4, -0.2) is 27.2 Å².